The molecule has 0 atom stereocenters. The van der Waals surface area contributed by atoms with E-state index in [0.717, 1.165) is 9.87 Å². The van der Waals surface area contributed by atoms with Gasteiger partial charge in [0, 0.05) is 16.6 Å². The molecular weight excluding hydrogens is 513 g/mol. The normalized spacial score (nSPS) is 11.7. The fourth-order valence-electron chi connectivity index (χ4n) is 3.01. The van der Waals surface area contributed by atoms with Crippen LogP contribution >= 0.6 is 23.2 Å². The van der Waals surface area contributed by atoms with Gasteiger partial charge in [0.2, 0.25) is 10.0 Å². The Morgan fingerprint density at radius 3 is 2.29 bits per heavy atom. The van der Waals surface area contributed by atoms with Crippen molar-refractivity contribution < 1.29 is 23.1 Å². The molecule has 0 radical (unpaired) electrons. The smallest absolute Gasteiger partial charge is 0.335 e. The van der Waals surface area contributed by atoms with E-state index in [2.05, 4.69) is 10.5 Å². The predicted octanol–water partition coefficient (Wildman–Crippen LogP) is 4.34. The van der Waals surface area contributed by atoms with Gasteiger partial charge in [0.25, 0.3) is 5.91 Å². The molecule has 1 amide bonds. The van der Waals surface area contributed by atoms with Gasteiger partial charge in [0.1, 0.15) is 0 Å². The molecule has 0 aliphatic rings. The first kappa shape index (κ1) is 26.4. The number of nitrogens with one attached hydrogen (secondary N) is 1. The van der Waals surface area contributed by atoms with Gasteiger partial charge < -0.3 is 5.11 Å². The molecule has 35 heavy (non-hydrogen) atoms. The summed E-state index contributed by atoms with van der Waals surface area (Å²) in [6, 6.07) is 16.8. The summed E-state index contributed by atoms with van der Waals surface area (Å²) in [6.45, 7) is 1.15. The van der Waals surface area contributed by atoms with E-state index in [1.807, 2.05) is 6.92 Å². The fourth-order valence-corrected chi connectivity index (χ4v) is 4.85. The van der Waals surface area contributed by atoms with Crippen LogP contribution in [0.5, 0.6) is 0 Å². The molecule has 0 fully saturated rings. The number of amides is 1. The number of rotatable bonds is 9. The Labute approximate surface area is 212 Å². The highest BCUT2D eigenvalue weighted by Gasteiger charge is 2.27. The van der Waals surface area contributed by atoms with E-state index in [4.69, 9.17) is 28.3 Å². The van der Waals surface area contributed by atoms with Crippen LogP contribution in [0, 0.1) is 6.92 Å². The number of hydrogen-bond acceptors (Lipinski definition) is 5. The van der Waals surface area contributed by atoms with Crippen LogP contribution in [0.3, 0.4) is 0 Å². The van der Waals surface area contributed by atoms with Crippen molar-refractivity contribution in [1.29, 1.82) is 0 Å². The molecule has 3 rings (SSSR count). The average molecular weight is 534 g/mol. The molecule has 0 spiro atoms. The summed E-state index contributed by atoms with van der Waals surface area (Å²) in [5, 5.41) is 13.4. The molecule has 0 saturated heterocycles. The van der Waals surface area contributed by atoms with Crippen LogP contribution in [-0.4, -0.2) is 42.5 Å². The molecule has 2 N–H and O–H groups in total. The van der Waals surface area contributed by atoms with Crippen LogP contribution < -0.4 is 5.43 Å². The van der Waals surface area contributed by atoms with E-state index < -0.39 is 28.4 Å². The van der Waals surface area contributed by atoms with Crippen molar-refractivity contribution in [2.45, 2.75) is 18.4 Å². The van der Waals surface area contributed by atoms with E-state index >= 15 is 0 Å². The molecule has 182 valence electrons. The summed E-state index contributed by atoms with van der Waals surface area (Å²) < 4.78 is 27.7. The number of carbonyl (C=O) groups excluding carboxylic acids is 1. The highest BCUT2D eigenvalue weighted by Crippen LogP contribution is 2.25. The van der Waals surface area contributed by atoms with E-state index in [1.54, 1.807) is 24.3 Å². The maximum Gasteiger partial charge on any atom is 0.335 e. The number of benzene rings is 3. The summed E-state index contributed by atoms with van der Waals surface area (Å²) in [5.74, 6) is -1.73. The first-order chi connectivity index (χ1) is 16.6. The second kappa shape index (κ2) is 11.5. The predicted molar refractivity (Wildman–Crippen MR) is 134 cm³/mol. The van der Waals surface area contributed by atoms with E-state index in [9.17, 15) is 18.0 Å². The van der Waals surface area contributed by atoms with Gasteiger partial charge in [0.15, 0.2) is 0 Å². The van der Waals surface area contributed by atoms with Gasteiger partial charge in [-0.05, 0) is 54.4 Å². The van der Waals surface area contributed by atoms with Gasteiger partial charge in [-0.25, -0.2) is 18.6 Å². The van der Waals surface area contributed by atoms with Gasteiger partial charge in [-0.1, -0.05) is 59.1 Å². The van der Waals surface area contributed by atoms with Gasteiger partial charge in [-0.2, -0.15) is 9.41 Å². The van der Waals surface area contributed by atoms with Crippen molar-refractivity contribution in [2.75, 3.05) is 6.54 Å². The number of aryl methyl sites for hydroxylation is 1. The van der Waals surface area contributed by atoms with Gasteiger partial charge >= 0.3 is 5.97 Å². The Hall–Kier alpha value is -3.24. The molecule has 0 aliphatic heterocycles. The molecule has 3 aromatic rings. The number of aromatic carboxylic acids is 1. The van der Waals surface area contributed by atoms with Crippen molar-refractivity contribution in [3.8, 4) is 0 Å². The molecule has 11 heteroatoms. The van der Waals surface area contributed by atoms with E-state index in [1.165, 1.54) is 48.7 Å². The third kappa shape index (κ3) is 7.12. The quantitative estimate of drug-likeness (QED) is 0.313. The molecule has 0 saturated carbocycles. The second-order valence-electron chi connectivity index (χ2n) is 7.54. The number of sulfonamides is 1. The van der Waals surface area contributed by atoms with Gasteiger partial charge in [-0.15, -0.1) is 0 Å². The zero-order valence-corrected chi connectivity index (χ0v) is 20.8. The van der Waals surface area contributed by atoms with Crippen molar-refractivity contribution >= 4 is 51.3 Å². The highest BCUT2D eigenvalue weighted by molar-refractivity contribution is 7.89. The van der Waals surface area contributed by atoms with Crippen molar-refractivity contribution in [1.82, 2.24) is 9.73 Å². The lowest BCUT2D eigenvalue weighted by atomic mass is 10.1. The van der Waals surface area contributed by atoms with Crippen molar-refractivity contribution in [3.05, 3.63) is 99.0 Å². The lowest BCUT2D eigenvalue weighted by molar-refractivity contribution is -0.121. The lowest BCUT2D eigenvalue weighted by Crippen LogP contribution is -2.39. The molecule has 0 heterocycles. The number of halogens is 2. The lowest BCUT2D eigenvalue weighted by Gasteiger charge is -2.22. The van der Waals surface area contributed by atoms with Crippen LogP contribution in [-0.2, 0) is 21.4 Å². The maximum atomic E-state index is 13.3. The Morgan fingerprint density at radius 2 is 1.69 bits per heavy atom. The Kier molecular flexibility index (Phi) is 8.63. The summed E-state index contributed by atoms with van der Waals surface area (Å²) in [4.78, 5) is 23.5. The summed E-state index contributed by atoms with van der Waals surface area (Å²) in [5.41, 5.74) is 4.32. The first-order valence-electron chi connectivity index (χ1n) is 10.2. The third-order valence-electron chi connectivity index (χ3n) is 4.90. The van der Waals surface area contributed by atoms with Crippen LogP contribution in [0.1, 0.15) is 27.0 Å². The zero-order chi connectivity index (χ0) is 25.6. The molecule has 0 bridgehead atoms. The van der Waals surface area contributed by atoms with E-state index in [-0.39, 0.29) is 22.0 Å². The molecular formula is C24H21Cl2N3O5S. The number of nitrogens with zero attached hydrogens (tertiary/aromatic N) is 2. The number of carbonyl (C=O) groups is 2. The minimum Gasteiger partial charge on any atom is -0.478 e. The Morgan fingerprint density at radius 1 is 1.03 bits per heavy atom. The molecule has 8 nitrogen and oxygen atoms in total. The van der Waals surface area contributed by atoms with Crippen LogP contribution in [0.15, 0.2) is 76.7 Å². The Balaban J connectivity index is 1.79. The third-order valence-corrected chi connectivity index (χ3v) is 7.29. The number of hydrazone groups is 1. The SMILES string of the molecule is Cc1ccc(S(=O)(=O)N(CC(=O)N/N=C\c2ccc(C(=O)O)cc2)Cc2ccc(Cl)cc2Cl)cc1. The summed E-state index contributed by atoms with van der Waals surface area (Å²) in [7, 11) is -4.05. The number of hydrogen-bond donors (Lipinski definition) is 2. The summed E-state index contributed by atoms with van der Waals surface area (Å²) >= 11 is 12.2. The van der Waals surface area contributed by atoms with Crippen LogP contribution in [0.25, 0.3) is 0 Å². The molecule has 3 aromatic carbocycles. The topological polar surface area (TPSA) is 116 Å². The second-order valence-corrected chi connectivity index (χ2v) is 10.3. The highest BCUT2D eigenvalue weighted by atomic mass is 35.5. The van der Waals surface area contributed by atoms with Gasteiger partial charge in [-0.3, -0.25) is 4.79 Å². The number of carboxylic acids is 1. The van der Waals surface area contributed by atoms with Crippen LogP contribution in [0.4, 0.5) is 0 Å². The summed E-state index contributed by atoms with van der Waals surface area (Å²) in [6.07, 6.45) is 1.32. The fraction of sp³-hybridized carbons (Fsp3) is 0.125. The molecule has 0 aliphatic carbocycles. The minimum absolute atomic E-state index is 0.0306. The minimum atomic E-state index is -4.05. The standard InChI is InChI=1S/C24H21Cl2N3O5S/c1-16-2-10-21(11-3-16)35(33,34)29(14-19-8-9-20(25)12-22(19)26)15-23(30)28-27-13-17-4-6-18(7-5-17)24(31)32/h2-13H,14-15H2,1H3,(H,28,30)(H,31,32)/b27-13-. The van der Waals surface area contributed by atoms with Crippen molar-refractivity contribution in [3.63, 3.8) is 0 Å². The average Bonchev–Trinajstić information content (AvgIpc) is 2.81. The number of carboxylic acid groups (broad SMARTS) is 1. The first-order valence-corrected chi connectivity index (χ1v) is 12.4. The van der Waals surface area contributed by atoms with Crippen molar-refractivity contribution in [2.24, 2.45) is 5.10 Å². The Bertz CT molecular complexity index is 1360. The molecule has 0 aromatic heterocycles. The van der Waals surface area contributed by atoms with Gasteiger partial charge in [0.05, 0.1) is 23.2 Å². The zero-order valence-electron chi connectivity index (χ0n) is 18.5. The largest absolute Gasteiger partial charge is 0.478 e. The van der Waals surface area contributed by atoms with E-state index in [0.29, 0.717) is 16.1 Å². The maximum absolute atomic E-state index is 13.3. The molecule has 0 unspecified atom stereocenters. The monoisotopic (exact) mass is 533 g/mol. The van der Waals surface area contributed by atoms with Crippen LogP contribution in [0.2, 0.25) is 10.0 Å².